The van der Waals surface area contributed by atoms with Crippen molar-refractivity contribution in [1.82, 2.24) is 9.80 Å². The van der Waals surface area contributed by atoms with E-state index in [0.29, 0.717) is 0 Å². The summed E-state index contributed by atoms with van der Waals surface area (Å²) in [5.74, 6) is -1.05. The molecule has 0 aromatic heterocycles. The number of carbonyl (C=O) groups is 2. The van der Waals surface area contributed by atoms with Gasteiger partial charge in [-0.1, -0.05) is 0 Å². The van der Waals surface area contributed by atoms with Gasteiger partial charge in [0.25, 0.3) is 6.43 Å². The van der Waals surface area contributed by atoms with E-state index >= 15 is 0 Å². The van der Waals surface area contributed by atoms with Crippen LogP contribution in [-0.2, 0) is 9.53 Å². The molecule has 1 aliphatic heterocycles. The van der Waals surface area contributed by atoms with Crippen molar-refractivity contribution in [3.63, 3.8) is 0 Å². The number of nitrogens with zero attached hydrogens (tertiary/aromatic N) is 2. The third-order valence-corrected chi connectivity index (χ3v) is 2.81. The Morgan fingerprint density at radius 1 is 1.45 bits per heavy atom. The standard InChI is InChI=1S/C11H18F2N2O5/c12-9(13)7-14(1-3-16)11(19)15-2-4-20-8(6-15)5-10(17)18/h8-9,16H,1-7H2,(H,17,18). The van der Waals surface area contributed by atoms with Gasteiger partial charge in [-0.2, -0.15) is 0 Å². The molecule has 0 aromatic carbocycles. The summed E-state index contributed by atoms with van der Waals surface area (Å²) in [6.45, 7) is -0.965. The van der Waals surface area contributed by atoms with Gasteiger partial charge in [-0.15, -0.1) is 0 Å². The number of amides is 2. The van der Waals surface area contributed by atoms with E-state index in [1.54, 1.807) is 0 Å². The highest BCUT2D eigenvalue weighted by Crippen LogP contribution is 2.12. The second-order valence-electron chi connectivity index (χ2n) is 4.38. The highest BCUT2D eigenvalue weighted by Gasteiger charge is 2.29. The number of carbonyl (C=O) groups excluding carboxylic acids is 1. The summed E-state index contributed by atoms with van der Waals surface area (Å²) in [6.07, 6.45) is -3.59. The predicted molar refractivity (Wildman–Crippen MR) is 63.6 cm³/mol. The lowest BCUT2D eigenvalue weighted by Crippen LogP contribution is -2.52. The minimum absolute atomic E-state index is 0.0380. The Morgan fingerprint density at radius 3 is 2.70 bits per heavy atom. The zero-order chi connectivity index (χ0) is 15.1. The summed E-state index contributed by atoms with van der Waals surface area (Å²) < 4.78 is 30.0. The molecule has 1 heterocycles. The second kappa shape index (κ2) is 7.95. The first-order chi connectivity index (χ1) is 9.43. The number of urea groups is 1. The van der Waals surface area contributed by atoms with E-state index in [4.69, 9.17) is 14.9 Å². The maximum Gasteiger partial charge on any atom is 0.320 e. The molecular formula is C11H18F2N2O5. The number of carboxylic acids is 1. The first-order valence-corrected chi connectivity index (χ1v) is 6.20. The van der Waals surface area contributed by atoms with E-state index < -0.39 is 37.7 Å². The number of halogens is 2. The SMILES string of the molecule is O=C(O)CC1CN(C(=O)N(CCO)CC(F)F)CCO1. The molecule has 2 N–H and O–H groups in total. The zero-order valence-electron chi connectivity index (χ0n) is 10.9. The number of hydrogen-bond acceptors (Lipinski definition) is 4. The quantitative estimate of drug-likeness (QED) is 0.711. The van der Waals surface area contributed by atoms with Crippen LogP contribution in [0, 0.1) is 0 Å². The third kappa shape index (κ3) is 5.25. The number of hydrogen-bond donors (Lipinski definition) is 2. The Balaban J connectivity index is 2.60. The van der Waals surface area contributed by atoms with Gasteiger partial charge >= 0.3 is 12.0 Å². The van der Waals surface area contributed by atoms with Crippen molar-refractivity contribution in [1.29, 1.82) is 0 Å². The van der Waals surface area contributed by atoms with Crippen molar-refractivity contribution in [2.45, 2.75) is 19.0 Å². The Labute approximate surface area is 114 Å². The lowest BCUT2D eigenvalue weighted by atomic mass is 10.2. The second-order valence-corrected chi connectivity index (χ2v) is 4.38. The molecule has 1 rings (SSSR count). The largest absolute Gasteiger partial charge is 0.481 e. The number of aliphatic carboxylic acids is 1. The molecule has 0 bridgehead atoms. The van der Waals surface area contributed by atoms with Gasteiger partial charge in [0.1, 0.15) is 0 Å². The van der Waals surface area contributed by atoms with Crippen LogP contribution < -0.4 is 0 Å². The summed E-state index contributed by atoms with van der Waals surface area (Å²) in [5.41, 5.74) is 0. The molecule has 7 nitrogen and oxygen atoms in total. The van der Waals surface area contributed by atoms with Gasteiger partial charge in [0, 0.05) is 19.6 Å². The fourth-order valence-corrected chi connectivity index (χ4v) is 1.96. The first-order valence-electron chi connectivity index (χ1n) is 6.20. The molecule has 116 valence electrons. The average molecular weight is 296 g/mol. The molecule has 1 aliphatic rings. The molecule has 2 amide bonds. The number of rotatable bonds is 6. The van der Waals surface area contributed by atoms with Crippen LogP contribution in [-0.4, -0.2) is 83.9 Å². The van der Waals surface area contributed by atoms with Gasteiger partial charge in [0.2, 0.25) is 0 Å². The minimum atomic E-state index is -2.69. The Morgan fingerprint density at radius 2 is 2.15 bits per heavy atom. The summed E-state index contributed by atoms with van der Waals surface area (Å²) >= 11 is 0. The number of ether oxygens (including phenoxy) is 1. The van der Waals surface area contributed by atoms with Crippen molar-refractivity contribution in [2.24, 2.45) is 0 Å². The monoisotopic (exact) mass is 296 g/mol. The number of aliphatic hydroxyl groups excluding tert-OH is 1. The van der Waals surface area contributed by atoms with Crippen LogP contribution in [0.15, 0.2) is 0 Å². The molecule has 0 aliphatic carbocycles. The van der Waals surface area contributed by atoms with E-state index in [2.05, 4.69) is 0 Å². The predicted octanol–water partition coefficient (Wildman–Crippen LogP) is -0.159. The molecular weight excluding hydrogens is 278 g/mol. The van der Waals surface area contributed by atoms with Gasteiger partial charge in [-0.3, -0.25) is 4.79 Å². The molecule has 9 heteroatoms. The first kappa shape index (κ1) is 16.6. The Hall–Kier alpha value is -1.48. The Kier molecular flexibility index (Phi) is 6.59. The number of morpholine rings is 1. The van der Waals surface area contributed by atoms with E-state index in [-0.39, 0.29) is 32.7 Å². The van der Waals surface area contributed by atoms with Gasteiger partial charge in [0.15, 0.2) is 0 Å². The van der Waals surface area contributed by atoms with Gasteiger partial charge < -0.3 is 24.7 Å². The number of aliphatic hydroxyl groups is 1. The van der Waals surface area contributed by atoms with Crippen LogP contribution in [0.4, 0.5) is 13.6 Å². The van der Waals surface area contributed by atoms with E-state index in [1.807, 2.05) is 0 Å². The van der Waals surface area contributed by atoms with Crippen molar-refractivity contribution < 1.29 is 33.3 Å². The van der Waals surface area contributed by atoms with Crippen LogP contribution >= 0.6 is 0 Å². The molecule has 20 heavy (non-hydrogen) atoms. The van der Waals surface area contributed by atoms with Gasteiger partial charge in [0.05, 0.1) is 32.3 Å². The fourth-order valence-electron chi connectivity index (χ4n) is 1.96. The number of alkyl halides is 2. The molecule has 1 saturated heterocycles. The van der Waals surface area contributed by atoms with Gasteiger partial charge in [-0.05, 0) is 0 Å². The topological polar surface area (TPSA) is 90.3 Å². The minimum Gasteiger partial charge on any atom is -0.481 e. The molecule has 1 fully saturated rings. The normalized spacial score (nSPS) is 19.2. The molecule has 0 spiro atoms. The summed E-state index contributed by atoms with van der Waals surface area (Å²) in [4.78, 5) is 24.8. The molecule has 0 aromatic rings. The zero-order valence-corrected chi connectivity index (χ0v) is 10.9. The van der Waals surface area contributed by atoms with Crippen molar-refractivity contribution in [3.8, 4) is 0 Å². The molecule has 1 atom stereocenters. The molecule has 0 radical (unpaired) electrons. The lowest BCUT2D eigenvalue weighted by molar-refractivity contribution is -0.141. The van der Waals surface area contributed by atoms with Crippen molar-refractivity contribution >= 4 is 12.0 Å². The maximum absolute atomic E-state index is 12.4. The van der Waals surface area contributed by atoms with Crippen LogP contribution in [0.25, 0.3) is 0 Å². The summed E-state index contributed by atoms with van der Waals surface area (Å²) in [6, 6.07) is -0.641. The van der Waals surface area contributed by atoms with Crippen LogP contribution in [0.1, 0.15) is 6.42 Å². The fraction of sp³-hybridized carbons (Fsp3) is 0.818. The van der Waals surface area contributed by atoms with E-state index in [1.165, 1.54) is 4.90 Å². The highest BCUT2D eigenvalue weighted by molar-refractivity contribution is 5.75. The number of carboxylic acid groups (broad SMARTS) is 1. The highest BCUT2D eigenvalue weighted by atomic mass is 19.3. The molecule has 0 saturated carbocycles. The smallest absolute Gasteiger partial charge is 0.320 e. The molecule has 1 unspecified atom stereocenters. The van der Waals surface area contributed by atoms with Crippen molar-refractivity contribution in [2.75, 3.05) is 39.4 Å². The van der Waals surface area contributed by atoms with Crippen molar-refractivity contribution in [3.05, 3.63) is 0 Å². The summed E-state index contributed by atoms with van der Waals surface area (Å²) in [5, 5.41) is 17.5. The van der Waals surface area contributed by atoms with Crippen LogP contribution in [0.2, 0.25) is 0 Å². The average Bonchev–Trinajstić information content (AvgIpc) is 2.36. The summed E-state index contributed by atoms with van der Waals surface area (Å²) in [7, 11) is 0. The van der Waals surface area contributed by atoms with Gasteiger partial charge in [-0.25, -0.2) is 13.6 Å². The Bertz CT molecular complexity index is 343. The third-order valence-electron chi connectivity index (χ3n) is 2.81. The van der Waals surface area contributed by atoms with Crippen LogP contribution in [0.3, 0.4) is 0 Å². The maximum atomic E-state index is 12.4. The van der Waals surface area contributed by atoms with E-state index in [9.17, 15) is 18.4 Å². The lowest BCUT2D eigenvalue weighted by Gasteiger charge is -2.35. The van der Waals surface area contributed by atoms with Crippen LogP contribution in [0.5, 0.6) is 0 Å². The van der Waals surface area contributed by atoms with E-state index in [0.717, 1.165) is 4.90 Å².